The fourth-order valence-corrected chi connectivity index (χ4v) is 8.03. The Labute approximate surface area is 249 Å². The summed E-state index contributed by atoms with van der Waals surface area (Å²) in [5.74, 6) is -6.07. The average Bonchev–Trinajstić information content (AvgIpc) is 3.40. The standard InChI is InChI=1S/C33H34N2O8/c1-6-41-20-13-9-18(10-14-20)34-28(36)23-22-17(4)25(32(40)43-8-3)33(5,26(23)30(34)38)27-24(22)29(37)35(31(27)39)19-11-15-21(16-12-19)42-7-2/h9-16,22-24,26-27H,6-8H2,1-5H3. The molecule has 3 aliphatic carbocycles. The van der Waals surface area contributed by atoms with Crippen molar-refractivity contribution >= 4 is 41.0 Å². The minimum absolute atomic E-state index is 0.0922. The number of anilines is 2. The number of hydrogen-bond acceptors (Lipinski definition) is 8. The molecule has 4 atom stereocenters. The molecule has 2 bridgehead atoms. The topological polar surface area (TPSA) is 120 Å². The van der Waals surface area contributed by atoms with Crippen LogP contribution in [0.2, 0.25) is 0 Å². The van der Waals surface area contributed by atoms with Crippen LogP contribution in [0.1, 0.15) is 34.6 Å². The lowest BCUT2D eigenvalue weighted by Crippen LogP contribution is -2.61. The van der Waals surface area contributed by atoms with Gasteiger partial charge in [0.25, 0.3) is 0 Å². The minimum atomic E-state index is -1.46. The van der Waals surface area contributed by atoms with Crippen LogP contribution in [0.25, 0.3) is 0 Å². The van der Waals surface area contributed by atoms with Crippen LogP contribution in [-0.2, 0) is 28.7 Å². The molecular weight excluding hydrogens is 552 g/mol. The SMILES string of the molecule is CCOC(=O)C1=C(C)C2C3C(=O)N(c4ccc(OCC)cc4)C(=O)C3C1(C)C1C(=O)N(c3ccc(OCC)cc3)C(=O)C21. The zero-order valence-corrected chi connectivity index (χ0v) is 24.8. The van der Waals surface area contributed by atoms with E-state index in [0.29, 0.717) is 41.7 Å². The zero-order chi connectivity index (χ0) is 30.8. The number of benzene rings is 2. The highest BCUT2D eigenvalue weighted by Crippen LogP contribution is 2.68. The molecule has 3 fully saturated rings. The molecule has 0 spiro atoms. The summed E-state index contributed by atoms with van der Waals surface area (Å²) >= 11 is 0. The van der Waals surface area contributed by atoms with Crippen LogP contribution >= 0.6 is 0 Å². The molecule has 224 valence electrons. The number of carbonyl (C=O) groups excluding carboxylic acids is 5. The number of nitrogens with zero attached hydrogens (tertiary/aromatic N) is 2. The lowest BCUT2D eigenvalue weighted by molar-refractivity contribution is -0.155. The van der Waals surface area contributed by atoms with Crippen molar-refractivity contribution < 1.29 is 38.2 Å². The van der Waals surface area contributed by atoms with Gasteiger partial charge < -0.3 is 14.2 Å². The van der Waals surface area contributed by atoms with Crippen molar-refractivity contribution in [2.24, 2.45) is 35.0 Å². The summed E-state index contributed by atoms with van der Waals surface area (Å²) in [5, 5.41) is 0. The van der Waals surface area contributed by atoms with Crippen LogP contribution in [0.4, 0.5) is 11.4 Å². The number of esters is 1. The average molecular weight is 587 g/mol. The Morgan fingerprint density at radius 3 is 1.47 bits per heavy atom. The number of allylic oxidation sites excluding steroid dienone is 1. The van der Waals surface area contributed by atoms with E-state index in [1.165, 1.54) is 0 Å². The van der Waals surface area contributed by atoms with Gasteiger partial charge in [-0.1, -0.05) is 12.5 Å². The quantitative estimate of drug-likeness (QED) is 0.337. The van der Waals surface area contributed by atoms with Crippen molar-refractivity contribution in [2.75, 3.05) is 29.6 Å². The minimum Gasteiger partial charge on any atom is -0.494 e. The molecule has 0 radical (unpaired) electrons. The van der Waals surface area contributed by atoms with E-state index in [4.69, 9.17) is 14.2 Å². The predicted octanol–water partition coefficient (Wildman–Crippen LogP) is 3.92. The number of imide groups is 2. The molecule has 43 heavy (non-hydrogen) atoms. The third-order valence-electron chi connectivity index (χ3n) is 9.49. The molecule has 10 nitrogen and oxygen atoms in total. The first kappa shape index (κ1) is 28.6. The van der Waals surface area contributed by atoms with Gasteiger partial charge in [0.2, 0.25) is 23.6 Å². The molecule has 4 unspecified atom stereocenters. The molecule has 0 N–H and O–H groups in total. The van der Waals surface area contributed by atoms with Crippen LogP contribution in [-0.4, -0.2) is 49.4 Å². The number of amides is 4. The van der Waals surface area contributed by atoms with E-state index in [1.54, 1.807) is 69.3 Å². The van der Waals surface area contributed by atoms with E-state index in [2.05, 4.69) is 0 Å². The summed E-state index contributed by atoms with van der Waals surface area (Å²) in [7, 11) is 0. The van der Waals surface area contributed by atoms with Crippen LogP contribution in [0.3, 0.4) is 0 Å². The molecule has 2 aliphatic heterocycles. The fourth-order valence-electron chi connectivity index (χ4n) is 8.03. The van der Waals surface area contributed by atoms with Gasteiger partial charge in [0, 0.05) is 16.9 Å². The fraction of sp³-hybridized carbons (Fsp3) is 0.424. The second-order valence-corrected chi connectivity index (χ2v) is 11.5. The maximum atomic E-state index is 14.3. The van der Waals surface area contributed by atoms with Crippen molar-refractivity contribution in [3.05, 3.63) is 59.7 Å². The van der Waals surface area contributed by atoms with Gasteiger partial charge in [-0.15, -0.1) is 0 Å². The van der Waals surface area contributed by atoms with Crippen molar-refractivity contribution in [3.63, 3.8) is 0 Å². The molecule has 2 heterocycles. The molecule has 2 aromatic carbocycles. The maximum Gasteiger partial charge on any atom is 0.334 e. The largest absolute Gasteiger partial charge is 0.494 e. The van der Waals surface area contributed by atoms with Gasteiger partial charge in [0.1, 0.15) is 11.5 Å². The second-order valence-electron chi connectivity index (χ2n) is 11.5. The van der Waals surface area contributed by atoms with Gasteiger partial charge in [-0.25, -0.2) is 4.79 Å². The Morgan fingerprint density at radius 2 is 1.09 bits per heavy atom. The normalized spacial score (nSPS) is 29.3. The Bertz CT molecular complexity index is 1470. The summed E-state index contributed by atoms with van der Waals surface area (Å²) in [5.41, 5.74) is 0.00837. The van der Waals surface area contributed by atoms with Crippen LogP contribution in [0.5, 0.6) is 11.5 Å². The number of ether oxygens (including phenoxy) is 3. The summed E-state index contributed by atoms with van der Waals surface area (Å²) in [4.78, 5) is 72.7. The Morgan fingerprint density at radius 1 is 0.674 bits per heavy atom. The van der Waals surface area contributed by atoms with Crippen molar-refractivity contribution in [1.29, 1.82) is 0 Å². The molecule has 2 saturated heterocycles. The van der Waals surface area contributed by atoms with Gasteiger partial charge in [-0.2, -0.15) is 0 Å². The second kappa shape index (κ2) is 10.4. The number of rotatable bonds is 8. The first-order valence-electron chi connectivity index (χ1n) is 14.7. The number of carbonyl (C=O) groups is 5. The van der Waals surface area contributed by atoms with E-state index in [-0.39, 0.29) is 12.2 Å². The first-order chi connectivity index (χ1) is 20.6. The monoisotopic (exact) mass is 586 g/mol. The Balaban J connectivity index is 1.47. The van der Waals surface area contributed by atoms with Crippen molar-refractivity contribution in [2.45, 2.75) is 34.6 Å². The number of hydrogen-bond donors (Lipinski definition) is 0. The van der Waals surface area contributed by atoms with Crippen molar-refractivity contribution in [1.82, 2.24) is 0 Å². The van der Waals surface area contributed by atoms with E-state index in [0.717, 1.165) is 9.80 Å². The molecule has 0 aromatic heterocycles. The highest BCUT2D eigenvalue weighted by atomic mass is 16.5. The third-order valence-corrected chi connectivity index (χ3v) is 9.49. The summed E-state index contributed by atoms with van der Waals surface area (Å²) in [6.45, 7) is 9.80. The summed E-state index contributed by atoms with van der Waals surface area (Å²) in [6.07, 6.45) is 0. The Hall–Kier alpha value is -4.47. The van der Waals surface area contributed by atoms with E-state index >= 15 is 0 Å². The Kier molecular flexibility index (Phi) is 6.90. The lowest BCUT2D eigenvalue weighted by atomic mass is 9.43. The van der Waals surface area contributed by atoms with Gasteiger partial charge in [-0.05, 0) is 76.2 Å². The zero-order valence-electron chi connectivity index (χ0n) is 24.8. The van der Waals surface area contributed by atoms with Crippen LogP contribution < -0.4 is 19.3 Å². The first-order valence-corrected chi connectivity index (χ1v) is 14.7. The van der Waals surface area contributed by atoms with E-state index in [1.807, 2.05) is 13.8 Å². The molecule has 4 amide bonds. The van der Waals surface area contributed by atoms with E-state index in [9.17, 15) is 24.0 Å². The molecule has 1 saturated carbocycles. The highest BCUT2D eigenvalue weighted by Gasteiger charge is 2.77. The lowest BCUT2D eigenvalue weighted by Gasteiger charge is -2.55. The summed E-state index contributed by atoms with van der Waals surface area (Å²) < 4.78 is 16.5. The molecule has 2 aromatic rings. The van der Waals surface area contributed by atoms with Crippen molar-refractivity contribution in [3.8, 4) is 11.5 Å². The van der Waals surface area contributed by atoms with Crippen LogP contribution in [0.15, 0.2) is 59.7 Å². The molecule has 7 rings (SSSR count). The smallest absolute Gasteiger partial charge is 0.334 e. The molecule has 5 aliphatic rings. The van der Waals surface area contributed by atoms with Gasteiger partial charge in [-0.3, -0.25) is 29.0 Å². The summed E-state index contributed by atoms with van der Waals surface area (Å²) in [6, 6.07) is 13.3. The van der Waals surface area contributed by atoms with E-state index < -0.39 is 64.6 Å². The molecule has 10 heteroatoms. The van der Waals surface area contributed by atoms with Gasteiger partial charge in [0.15, 0.2) is 0 Å². The van der Waals surface area contributed by atoms with Crippen LogP contribution in [0, 0.1) is 35.0 Å². The van der Waals surface area contributed by atoms with Gasteiger partial charge >= 0.3 is 5.97 Å². The maximum absolute atomic E-state index is 14.3. The predicted molar refractivity (Wildman–Crippen MR) is 155 cm³/mol. The third kappa shape index (κ3) is 3.88. The van der Waals surface area contributed by atoms with Gasteiger partial charge in [0.05, 0.1) is 54.9 Å². The molecular formula is C33H34N2O8. The highest BCUT2D eigenvalue weighted by molar-refractivity contribution is 6.27.